The number of benzene rings is 1. The highest BCUT2D eigenvalue weighted by atomic mass is 16.1. The van der Waals surface area contributed by atoms with Gasteiger partial charge in [-0.15, -0.1) is 0 Å². The van der Waals surface area contributed by atoms with Crippen LogP contribution in [0.2, 0.25) is 0 Å². The highest BCUT2D eigenvalue weighted by molar-refractivity contribution is 5.82. The predicted molar refractivity (Wildman–Crippen MR) is 51.2 cm³/mol. The molecule has 2 N–H and O–H groups in total. The smallest absolute Gasteiger partial charge is 0.135 e. The van der Waals surface area contributed by atoms with Gasteiger partial charge in [0, 0.05) is 18.4 Å². The second-order valence-corrected chi connectivity index (χ2v) is 3.74. The summed E-state index contributed by atoms with van der Waals surface area (Å²) in [5.74, 6) is 0.284. The quantitative estimate of drug-likeness (QED) is 0.704. The number of rotatable bonds is 1. The van der Waals surface area contributed by atoms with E-state index < -0.39 is 5.54 Å². The van der Waals surface area contributed by atoms with Gasteiger partial charge in [-0.25, -0.2) is 0 Å². The highest BCUT2D eigenvalue weighted by Crippen LogP contribution is 2.33. The van der Waals surface area contributed by atoms with Crippen molar-refractivity contribution in [2.45, 2.75) is 24.8 Å². The van der Waals surface area contributed by atoms with E-state index in [0.717, 1.165) is 12.0 Å². The fourth-order valence-electron chi connectivity index (χ4n) is 1.91. The van der Waals surface area contributed by atoms with Crippen LogP contribution in [0.1, 0.15) is 24.8 Å². The van der Waals surface area contributed by atoms with E-state index >= 15 is 0 Å². The number of carbonyl (C=O) groups is 1. The van der Waals surface area contributed by atoms with Gasteiger partial charge < -0.3 is 5.73 Å². The van der Waals surface area contributed by atoms with Crippen molar-refractivity contribution in [1.29, 1.82) is 0 Å². The molecule has 0 spiro atoms. The van der Waals surface area contributed by atoms with Gasteiger partial charge in [0.05, 0.1) is 0 Å². The number of Topliss-reactive ketones (excluding diaryl/α,β-unsaturated/α-hetero) is 1. The van der Waals surface area contributed by atoms with E-state index in [1.165, 1.54) is 0 Å². The molecule has 1 atom stereocenters. The van der Waals surface area contributed by atoms with E-state index in [-0.39, 0.29) is 5.78 Å². The van der Waals surface area contributed by atoms with Gasteiger partial charge in [-0.2, -0.15) is 0 Å². The minimum atomic E-state index is -0.391. The maximum Gasteiger partial charge on any atom is 0.135 e. The van der Waals surface area contributed by atoms with Crippen LogP contribution in [0.4, 0.5) is 0 Å². The SMILES string of the molecule is NC1(c2ccccc2)CCC(=O)C1. The van der Waals surface area contributed by atoms with E-state index in [9.17, 15) is 4.79 Å². The molecular weight excluding hydrogens is 162 g/mol. The van der Waals surface area contributed by atoms with Crippen LogP contribution in [0.3, 0.4) is 0 Å². The third-order valence-electron chi connectivity index (χ3n) is 2.71. The molecule has 1 unspecified atom stereocenters. The maximum atomic E-state index is 11.2. The third-order valence-corrected chi connectivity index (χ3v) is 2.71. The molecule has 1 aliphatic rings. The maximum absolute atomic E-state index is 11.2. The summed E-state index contributed by atoms with van der Waals surface area (Å²) < 4.78 is 0. The first kappa shape index (κ1) is 8.45. The average molecular weight is 175 g/mol. The summed E-state index contributed by atoms with van der Waals surface area (Å²) in [6.45, 7) is 0. The molecule has 68 valence electrons. The molecule has 2 rings (SSSR count). The summed E-state index contributed by atoms with van der Waals surface area (Å²) in [5, 5.41) is 0. The third kappa shape index (κ3) is 1.49. The average Bonchev–Trinajstić information content (AvgIpc) is 2.49. The number of ketones is 1. The molecule has 1 aliphatic carbocycles. The van der Waals surface area contributed by atoms with Crippen LogP contribution in [0.5, 0.6) is 0 Å². The van der Waals surface area contributed by atoms with E-state index in [1.54, 1.807) is 0 Å². The molecule has 0 bridgehead atoms. The molecule has 0 aliphatic heterocycles. The van der Waals surface area contributed by atoms with Gasteiger partial charge in [-0.1, -0.05) is 30.3 Å². The van der Waals surface area contributed by atoms with Gasteiger partial charge >= 0.3 is 0 Å². The fourth-order valence-corrected chi connectivity index (χ4v) is 1.91. The van der Waals surface area contributed by atoms with Crippen molar-refractivity contribution < 1.29 is 4.79 Å². The van der Waals surface area contributed by atoms with Crippen LogP contribution < -0.4 is 5.73 Å². The van der Waals surface area contributed by atoms with Crippen LogP contribution in [0.25, 0.3) is 0 Å². The molecule has 0 amide bonds. The molecule has 2 heteroatoms. The van der Waals surface area contributed by atoms with Crippen LogP contribution in [0.15, 0.2) is 30.3 Å². The minimum absolute atomic E-state index is 0.284. The van der Waals surface area contributed by atoms with E-state index in [1.807, 2.05) is 30.3 Å². The lowest BCUT2D eigenvalue weighted by Gasteiger charge is -2.22. The van der Waals surface area contributed by atoms with Crippen molar-refractivity contribution in [3.8, 4) is 0 Å². The first-order chi connectivity index (χ1) is 6.21. The molecule has 1 fully saturated rings. The second-order valence-electron chi connectivity index (χ2n) is 3.74. The minimum Gasteiger partial charge on any atom is -0.321 e. The van der Waals surface area contributed by atoms with E-state index in [4.69, 9.17) is 5.73 Å². The zero-order valence-corrected chi connectivity index (χ0v) is 7.49. The Morgan fingerprint density at radius 1 is 1.23 bits per heavy atom. The summed E-state index contributed by atoms with van der Waals surface area (Å²) in [6.07, 6.45) is 1.91. The summed E-state index contributed by atoms with van der Waals surface area (Å²) in [6, 6.07) is 9.89. The summed E-state index contributed by atoms with van der Waals surface area (Å²) in [4.78, 5) is 11.2. The molecule has 0 heterocycles. The molecular formula is C11H13NO. The molecule has 1 aromatic carbocycles. The molecule has 0 radical (unpaired) electrons. The Kier molecular flexibility index (Phi) is 1.93. The highest BCUT2D eigenvalue weighted by Gasteiger charge is 2.35. The molecule has 0 saturated heterocycles. The largest absolute Gasteiger partial charge is 0.321 e. The lowest BCUT2D eigenvalue weighted by Crippen LogP contribution is -2.33. The lowest BCUT2D eigenvalue weighted by atomic mass is 9.89. The van der Waals surface area contributed by atoms with Crippen LogP contribution >= 0.6 is 0 Å². The monoisotopic (exact) mass is 175 g/mol. The molecule has 2 nitrogen and oxygen atoms in total. The summed E-state index contributed by atoms with van der Waals surface area (Å²) >= 11 is 0. The van der Waals surface area contributed by atoms with Crippen molar-refractivity contribution in [1.82, 2.24) is 0 Å². The van der Waals surface area contributed by atoms with Gasteiger partial charge in [0.2, 0.25) is 0 Å². The Bertz CT molecular complexity index is 320. The van der Waals surface area contributed by atoms with E-state index in [0.29, 0.717) is 12.8 Å². The number of hydrogen-bond donors (Lipinski definition) is 1. The van der Waals surface area contributed by atoms with Crippen molar-refractivity contribution >= 4 is 5.78 Å². The Hall–Kier alpha value is -1.15. The molecule has 13 heavy (non-hydrogen) atoms. The lowest BCUT2D eigenvalue weighted by molar-refractivity contribution is -0.117. The van der Waals surface area contributed by atoms with Gasteiger partial charge in [0.15, 0.2) is 0 Å². The van der Waals surface area contributed by atoms with E-state index in [2.05, 4.69) is 0 Å². The zero-order valence-electron chi connectivity index (χ0n) is 7.49. The van der Waals surface area contributed by atoms with Crippen molar-refractivity contribution in [3.05, 3.63) is 35.9 Å². The molecule has 0 aromatic heterocycles. The van der Waals surface area contributed by atoms with Gasteiger partial charge in [-0.05, 0) is 12.0 Å². The molecule has 1 aromatic rings. The van der Waals surface area contributed by atoms with Gasteiger partial charge in [-0.3, -0.25) is 4.79 Å². The van der Waals surface area contributed by atoms with Crippen LogP contribution in [0, 0.1) is 0 Å². The Morgan fingerprint density at radius 3 is 2.46 bits per heavy atom. The Labute approximate surface area is 77.8 Å². The number of carbonyl (C=O) groups excluding carboxylic acids is 1. The van der Waals surface area contributed by atoms with Gasteiger partial charge in [0.1, 0.15) is 5.78 Å². The molecule has 1 saturated carbocycles. The number of nitrogens with two attached hydrogens (primary N) is 1. The summed E-state index contributed by atoms with van der Waals surface area (Å²) in [7, 11) is 0. The number of hydrogen-bond acceptors (Lipinski definition) is 2. The van der Waals surface area contributed by atoms with Crippen molar-refractivity contribution in [2.24, 2.45) is 5.73 Å². The fraction of sp³-hybridized carbons (Fsp3) is 0.364. The van der Waals surface area contributed by atoms with Crippen molar-refractivity contribution in [3.63, 3.8) is 0 Å². The Morgan fingerprint density at radius 2 is 1.92 bits per heavy atom. The van der Waals surface area contributed by atoms with Crippen molar-refractivity contribution in [2.75, 3.05) is 0 Å². The normalized spacial score (nSPS) is 27.9. The van der Waals surface area contributed by atoms with Crippen LogP contribution in [-0.4, -0.2) is 5.78 Å². The second kappa shape index (κ2) is 2.96. The first-order valence-electron chi connectivity index (χ1n) is 4.57. The van der Waals surface area contributed by atoms with Gasteiger partial charge in [0.25, 0.3) is 0 Å². The Balaban J connectivity index is 2.31. The predicted octanol–water partition coefficient (Wildman–Crippen LogP) is 1.59. The zero-order chi connectivity index (χ0) is 9.31. The van der Waals surface area contributed by atoms with Crippen LogP contribution in [-0.2, 0) is 10.3 Å². The standard InChI is InChI=1S/C11H13NO/c12-11(7-6-10(13)8-11)9-4-2-1-3-5-9/h1-5H,6-8,12H2. The topological polar surface area (TPSA) is 43.1 Å². The first-order valence-corrected chi connectivity index (χ1v) is 4.57. The summed E-state index contributed by atoms with van der Waals surface area (Å²) in [5.41, 5.74) is 6.84.